The second-order valence-electron chi connectivity index (χ2n) is 6.87. The molecule has 1 aliphatic rings. The fourth-order valence-electron chi connectivity index (χ4n) is 3.19. The summed E-state index contributed by atoms with van der Waals surface area (Å²) in [7, 11) is 0. The maximum absolute atomic E-state index is 13.2. The third-order valence-corrected chi connectivity index (χ3v) is 6.11. The SMILES string of the molecule is O=C1C(=Cc2c(NCCCO)nc3ccccn3c2=O)SC(=S)N1Cc1ccccc1. The summed E-state index contributed by atoms with van der Waals surface area (Å²) in [6, 6.07) is 14.9. The number of aromatic nitrogens is 2. The van der Waals surface area contributed by atoms with Gasteiger partial charge >= 0.3 is 0 Å². The van der Waals surface area contributed by atoms with Crippen LogP contribution in [0.2, 0.25) is 0 Å². The fraction of sp³-hybridized carbons (Fsp3) is 0.182. The van der Waals surface area contributed by atoms with Gasteiger partial charge in [-0.15, -0.1) is 0 Å². The Morgan fingerprint density at radius 2 is 1.90 bits per heavy atom. The van der Waals surface area contributed by atoms with Gasteiger partial charge in [0.25, 0.3) is 11.5 Å². The molecule has 1 aliphatic heterocycles. The minimum Gasteiger partial charge on any atom is -0.396 e. The van der Waals surface area contributed by atoms with Crippen LogP contribution in [0.3, 0.4) is 0 Å². The van der Waals surface area contributed by atoms with Crippen LogP contribution >= 0.6 is 24.0 Å². The van der Waals surface area contributed by atoms with Gasteiger partial charge in [0, 0.05) is 19.3 Å². The number of aliphatic hydroxyl groups is 1. The number of benzene rings is 1. The van der Waals surface area contributed by atoms with Crippen molar-refractivity contribution in [2.75, 3.05) is 18.5 Å². The van der Waals surface area contributed by atoms with E-state index in [1.165, 1.54) is 21.1 Å². The zero-order valence-corrected chi connectivity index (χ0v) is 18.2. The molecule has 3 heterocycles. The molecule has 0 spiro atoms. The van der Waals surface area contributed by atoms with Crippen LogP contribution in [0, 0.1) is 0 Å². The molecule has 0 unspecified atom stereocenters. The number of aliphatic hydroxyl groups excluding tert-OH is 1. The van der Waals surface area contributed by atoms with Crippen LogP contribution in [0.5, 0.6) is 0 Å². The molecule has 1 aromatic carbocycles. The number of hydrogen-bond donors (Lipinski definition) is 2. The van der Waals surface area contributed by atoms with Crippen molar-refractivity contribution in [2.24, 2.45) is 0 Å². The smallest absolute Gasteiger partial charge is 0.267 e. The maximum atomic E-state index is 13.2. The number of rotatable bonds is 7. The monoisotopic (exact) mass is 452 g/mol. The summed E-state index contributed by atoms with van der Waals surface area (Å²) >= 11 is 6.60. The van der Waals surface area contributed by atoms with E-state index in [1.807, 2.05) is 30.3 Å². The van der Waals surface area contributed by atoms with Crippen molar-refractivity contribution < 1.29 is 9.90 Å². The number of nitrogens with one attached hydrogen (secondary N) is 1. The molecule has 0 radical (unpaired) electrons. The van der Waals surface area contributed by atoms with Crippen molar-refractivity contribution in [2.45, 2.75) is 13.0 Å². The molecule has 2 aromatic heterocycles. The standard InChI is InChI=1S/C22H20N4O3S2/c27-12-6-10-23-19-16(20(28)25-11-5-4-9-18(25)24-19)13-17-21(29)26(22(30)31-17)14-15-7-2-1-3-8-15/h1-5,7-9,11,13,23,27H,6,10,12,14H2. The van der Waals surface area contributed by atoms with E-state index in [1.54, 1.807) is 30.5 Å². The molecular formula is C22H20N4O3S2. The summed E-state index contributed by atoms with van der Waals surface area (Å²) in [5.41, 5.74) is 1.46. The van der Waals surface area contributed by atoms with Crippen LogP contribution in [-0.2, 0) is 11.3 Å². The van der Waals surface area contributed by atoms with Crippen molar-refractivity contribution in [1.82, 2.24) is 14.3 Å². The van der Waals surface area contributed by atoms with E-state index in [4.69, 9.17) is 17.3 Å². The Balaban J connectivity index is 1.71. The van der Waals surface area contributed by atoms with Gasteiger partial charge in [-0.2, -0.15) is 0 Å². The van der Waals surface area contributed by atoms with Crippen LogP contribution in [-0.4, -0.2) is 42.8 Å². The van der Waals surface area contributed by atoms with Gasteiger partial charge in [-0.05, 0) is 30.2 Å². The first-order valence-electron chi connectivity index (χ1n) is 9.74. The van der Waals surface area contributed by atoms with Crippen LogP contribution in [0.1, 0.15) is 17.5 Å². The van der Waals surface area contributed by atoms with Crippen molar-refractivity contribution in [3.8, 4) is 0 Å². The van der Waals surface area contributed by atoms with Gasteiger partial charge in [0.15, 0.2) is 0 Å². The quantitative estimate of drug-likeness (QED) is 0.324. The molecule has 2 N–H and O–H groups in total. The molecule has 0 bridgehead atoms. The van der Waals surface area contributed by atoms with Crippen molar-refractivity contribution in [3.63, 3.8) is 0 Å². The van der Waals surface area contributed by atoms with Crippen molar-refractivity contribution in [1.29, 1.82) is 0 Å². The lowest BCUT2D eigenvalue weighted by Crippen LogP contribution is -2.27. The molecule has 0 atom stereocenters. The lowest BCUT2D eigenvalue weighted by atomic mass is 10.2. The molecule has 31 heavy (non-hydrogen) atoms. The number of carbonyl (C=O) groups excluding carboxylic acids is 1. The van der Waals surface area contributed by atoms with Gasteiger partial charge in [-0.3, -0.25) is 18.9 Å². The molecule has 158 valence electrons. The second-order valence-corrected chi connectivity index (χ2v) is 8.54. The average Bonchev–Trinajstić information content (AvgIpc) is 3.04. The van der Waals surface area contributed by atoms with Gasteiger partial charge in [0.1, 0.15) is 15.8 Å². The Hall–Kier alpha value is -3.01. The first-order chi connectivity index (χ1) is 15.1. The Morgan fingerprint density at radius 3 is 2.68 bits per heavy atom. The Bertz CT molecular complexity index is 1220. The lowest BCUT2D eigenvalue weighted by molar-refractivity contribution is -0.122. The number of thiocarbonyl (C=S) groups is 1. The number of amides is 1. The molecule has 0 saturated carbocycles. The van der Waals surface area contributed by atoms with Gasteiger partial charge in [0.05, 0.1) is 17.0 Å². The summed E-state index contributed by atoms with van der Waals surface area (Å²) in [5.74, 6) is 0.135. The predicted octanol–water partition coefficient (Wildman–Crippen LogP) is 2.89. The Morgan fingerprint density at radius 1 is 1.13 bits per heavy atom. The van der Waals surface area contributed by atoms with Gasteiger partial charge in [-0.1, -0.05) is 60.4 Å². The third-order valence-electron chi connectivity index (χ3n) is 4.73. The van der Waals surface area contributed by atoms with E-state index < -0.39 is 0 Å². The maximum Gasteiger partial charge on any atom is 0.267 e. The van der Waals surface area contributed by atoms with Crippen LogP contribution in [0.25, 0.3) is 11.7 Å². The van der Waals surface area contributed by atoms with E-state index >= 15 is 0 Å². The first kappa shape index (κ1) is 21.2. The zero-order chi connectivity index (χ0) is 21.8. The minimum atomic E-state index is -0.287. The van der Waals surface area contributed by atoms with E-state index in [-0.39, 0.29) is 23.6 Å². The normalized spacial score (nSPS) is 15.3. The van der Waals surface area contributed by atoms with Gasteiger partial charge < -0.3 is 10.4 Å². The molecule has 9 heteroatoms. The first-order valence-corrected chi connectivity index (χ1v) is 11.0. The van der Waals surface area contributed by atoms with E-state index in [0.717, 1.165) is 5.56 Å². The highest BCUT2D eigenvalue weighted by Crippen LogP contribution is 2.34. The highest BCUT2D eigenvalue weighted by molar-refractivity contribution is 8.26. The van der Waals surface area contributed by atoms with Crippen LogP contribution in [0.4, 0.5) is 5.82 Å². The van der Waals surface area contributed by atoms with Crippen LogP contribution in [0.15, 0.2) is 64.4 Å². The highest BCUT2D eigenvalue weighted by Gasteiger charge is 2.32. The summed E-state index contributed by atoms with van der Waals surface area (Å²) in [4.78, 5) is 32.6. The Kier molecular flexibility index (Phi) is 6.45. The van der Waals surface area contributed by atoms with E-state index in [9.17, 15) is 9.59 Å². The van der Waals surface area contributed by atoms with Crippen LogP contribution < -0.4 is 10.9 Å². The fourth-order valence-corrected chi connectivity index (χ4v) is 4.42. The summed E-state index contributed by atoms with van der Waals surface area (Å²) in [6.07, 6.45) is 3.70. The molecule has 1 amide bonds. The molecular weight excluding hydrogens is 432 g/mol. The molecule has 3 aromatic rings. The highest BCUT2D eigenvalue weighted by atomic mass is 32.2. The molecule has 0 aliphatic carbocycles. The molecule has 1 fully saturated rings. The number of carbonyl (C=O) groups is 1. The molecule has 7 nitrogen and oxygen atoms in total. The Labute approximate surface area is 188 Å². The van der Waals surface area contributed by atoms with Crippen molar-refractivity contribution >= 4 is 51.7 Å². The minimum absolute atomic E-state index is 0.0209. The lowest BCUT2D eigenvalue weighted by Gasteiger charge is -2.14. The van der Waals surface area contributed by atoms with E-state index in [2.05, 4.69) is 10.3 Å². The third kappa shape index (κ3) is 4.53. The van der Waals surface area contributed by atoms with E-state index in [0.29, 0.717) is 40.2 Å². The van der Waals surface area contributed by atoms with Gasteiger partial charge in [-0.25, -0.2) is 4.98 Å². The zero-order valence-electron chi connectivity index (χ0n) is 16.5. The summed E-state index contributed by atoms with van der Waals surface area (Å²) in [5, 5.41) is 12.2. The number of fused-ring (bicyclic) bond motifs is 1. The largest absolute Gasteiger partial charge is 0.396 e. The number of anilines is 1. The molecule has 4 rings (SSSR count). The summed E-state index contributed by atoms with van der Waals surface area (Å²) in [6.45, 7) is 0.841. The number of hydrogen-bond acceptors (Lipinski definition) is 7. The summed E-state index contributed by atoms with van der Waals surface area (Å²) < 4.78 is 1.89. The van der Waals surface area contributed by atoms with Crippen molar-refractivity contribution in [3.05, 3.63) is 81.1 Å². The second kappa shape index (κ2) is 9.42. The van der Waals surface area contributed by atoms with Gasteiger partial charge in [0.2, 0.25) is 0 Å². The topological polar surface area (TPSA) is 86.9 Å². The average molecular weight is 453 g/mol. The predicted molar refractivity (Wildman–Crippen MR) is 127 cm³/mol. The number of pyridine rings is 1. The number of thioether (sulfide) groups is 1. The number of nitrogens with zero attached hydrogens (tertiary/aromatic N) is 3. The molecule has 1 saturated heterocycles.